The van der Waals surface area contributed by atoms with Crippen molar-refractivity contribution < 1.29 is 0 Å². The monoisotopic (exact) mass is 1480 g/mol. The molecule has 0 spiro atoms. The second kappa shape index (κ2) is 23.5. The van der Waals surface area contributed by atoms with Gasteiger partial charge in [-0.25, -0.2) is 9.98 Å². The number of hydrogen-bond donors (Lipinski definition) is 0. The topological polar surface area (TPSA) is 34.6 Å². The van der Waals surface area contributed by atoms with Crippen LogP contribution in [0.15, 0.2) is 350 Å². The van der Waals surface area contributed by atoms with Crippen molar-refractivity contribution in [2.75, 3.05) is 0 Å². The molecule has 530 valence electrons. The molecule has 4 atom stereocenters. The molecule has 26 rings (SSSR count). The van der Waals surface area contributed by atoms with Gasteiger partial charge in [0.25, 0.3) is 0 Å². The molecule has 2 aliphatic heterocycles. The van der Waals surface area contributed by atoms with Crippen molar-refractivity contribution in [1.82, 2.24) is 9.13 Å². The van der Waals surface area contributed by atoms with E-state index >= 15 is 0 Å². The average Bonchev–Trinajstić information content (AvgIpc) is 1.52. The minimum Gasteiger partial charge on any atom is -0.296 e. The molecular formula is C108H66N4S2. The van der Waals surface area contributed by atoms with Crippen LogP contribution in [0.4, 0.5) is 11.4 Å². The zero-order chi connectivity index (χ0) is 74.4. The van der Waals surface area contributed by atoms with E-state index < -0.39 is 0 Å². The van der Waals surface area contributed by atoms with Crippen molar-refractivity contribution >= 4 is 237 Å². The first kappa shape index (κ1) is 63.1. The Morgan fingerprint density at radius 3 is 1.29 bits per heavy atom. The third-order valence-corrected chi connectivity index (χ3v) is 28.7. The second-order valence-electron chi connectivity index (χ2n) is 32.0. The quantitative estimate of drug-likeness (QED) is 0.158. The summed E-state index contributed by atoms with van der Waals surface area (Å²) in [5.74, 6) is 1.95. The summed E-state index contributed by atoms with van der Waals surface area (Å²) in [5.41, 5.74) is 14.3. The molecule has 0 saturated heterocycles. The number of nitrogens with zero attached hydrogens (tertiary/aromatic N) is 4. The van der Waals surface area contributed by atoms with Crippen LogP contribution >= 0.6 is 22.7 Å². The lowest BCUT2D eigenvalue weighted by molar-refractivity contribution is 0.683. The molecule has 4 unspecified atom stereocenters. The first-order chi connectivity index (χ1) is 56.4. The maximum atomic E-state index is 6.20. The van der Waals surface area contributed by atoms with Crippen molar-refractivity contribution in [2.45, 2.75) is 37.5 Å². The molecule has 0 saturated carbocycles. The maximum Gasteiger partial charge on any atom is 0.122 e. The Morgan fingerprint density at radius 2 is 0.667 bits per heavy atom. The molecule has 24 aromatic rings. The van der Waals surface area contributed by atoms with Crippen LogP contribution in [0.2, 0.25) is 0 Å². The number of benzene rings is 20. The van der Waals surface area contributed by atoms with Gasteiger partial charge in [0.2, 0.25) is 0 Å². The minimum absolute atomic E-state index is 0.0472. The molecule has 0 bridgehead atoms. The van der Waals surface area contributed by atoms with E-state index in [1.54, 1.807) is 0 Å². The van der Waals surface area contributed by atoms with E-state index in [0.29, 0.717) is 0 Å². The molecule has 2 aliphatic rings. The Bertz CT molecular complexity index is 8500. The lowest BCUT2D eigenvalue weighted by Gasteiger charge is -2.33. The molecule has 0 amide bonds. The fourth-order valence-electron chi connectivity index (χ4n) is 21.5. The Morgan fingerprint density at radius 1 is 0.263 bits per heavy atom. The number of hydrogen-bond acceptors (Lipinski definition) is 4. The van der Waals surface area contributed by atoms with E-state index in [9.17, 15) is 0 Å². The van der Waals surface area contributed by atoms with Crippen LogP contribution in [-0.4, -0.2) is 20.8 Å². The number of fused-ring (bicyclic) bond motifs is 36. The zero-order valence-electron chi connectivity index (χ0n) is 62.2. The average molecular weight is 1480 g/mol. The lowest BCUT2D eigenvalue weighted by atomic mass is 9.77. The molecule has 6 heteroatoms. The van der Waals surface area contributed by atoms with E-state index in [-0.39, 0.29) is 23.7 Å². The van der Waals surface area contributed by atoms with Crippen molar-refractivity contribution in [3.63, 3.8) is 0 Å². The van der Waals surface area contributed by atoms with Crippen molar-refractivity contribution in [2.24, 2.45) is 9.98 Å². The highest BCUT2D eigenvalue weighted by atomic mass is 32.1. The number of aromatic nitrogens is 2. The molecule has 0 aliphatic carbocycles. The SMILES string of the molecule is CC1c2ccc3ccccc3c2N=C(n2c3ccc4c5ccccc5c5ccccc5c4c3c3ccc4c(-c5ccc6c(c5)sc5cc(C7C(n8c9ccc%10c%11ccccc%11c%11ccccc%11c%10c9c9ccc%10ccccc%10c98)=Nc8ccc9ccccc9c8C7C)ccc56)cccc4c32)C1c1ccc2c(c1)sc1ccccc12. The third-order valence-electron chi connectivity index (χ3n) is 26.4. The summed E-state index contributed by atoms with van der Waals surface area (Å²) < 4.78 is 10.4. The summed E-state index contributed by atoms with van der Waals surface area (Å²) in [7, 11) is 0. The molecule has 0 fully saturated rings. The van der Waals surface area contributed by atoms with Crippen LogP contribution in [0.25, 0.3) is 203 Å². The van der Waals surface area contributed by atoms with Gasteiger partial charge in [0, 0.05) is 101 Å². The zero-order valence-corrected chi connectivity index (χ0v) is 63.9. The largest absolute Gasteiger partial charge is 0.296 e. The fraction of sp³-hybridized carbons (Fsp3) is 0.0556. The van der Waals surface area contributed by atoms with E-state index in [0.717, 1.165) is 28.6 Å². The Labute approximate surface area is 662 Å². The van der Waals surface area contributed by atoms with Gasteiger partial charge < -0.3 is 0 Å². The van der Waals surface area contributed by atoms with Crippen molar-refractivity contribution in [3.8, 4) is 11.1 Å². The standard InChI is InChI=1S/C108H66N4S2/c1-59-67-44-38-62-21-4-7-24-70(62)104(67)110-108(97(59)65-41-46-80-79-32-17-18-37-93(79)113-95(80)57-65)112-92-55-52-86-77-31-12-10-27-73(77)75-29-14-16-34-84(75)101(86)103(92)89-50-49-78-68(35-19-36-87(78)106(89)112)64-40-45-81-82-47-42-66(58-96(82)114-94(81)56-64)98-60(2)99-69-23-6-3-20-61(69)43-53-90(99)109-107(98)111-91-54-51-85-76-30-11-9-26-72(76)74-28-13-15-33-83(74)100(85)102(91)88-48-39-63-22-5-8-25-71(63)105(88)111/h3-60,97-98H,1-2H3. The van der Waals surface area contributed by atoms with Gasteiger partial charge in [0.05, 0.1) is 33.4 Å². The van der Waals surface area contributed by atoms with Crippen LogP contribution < -0.4 is 0 Å². The number of aliphatic imine (C=N–C) groups is 2. The van der Waals surface area contributed by atoms with Crippen molar-refractivity contribution in [1.29, 1.82) is 0 Å². The van der Waals surface area contributed by atoms with Gasteiger partial charge in [-0.1, -0.05) is 311 Å². The molecular weight excluding hydrogens is 1420 g/mol. The molecule has 0 N–H and O–H groups in total. The summed E-state index contributed by atoms with van der Waals surface area (Å²) >= 11 is 3.80. The van der Waals surface area contributed by atoms with Gasteiger partial charge in [-0.2, -0.15) is 0 Å². The van der Waals surface area contributed by atoms with Crippen molar-refractivity contribution in [3.05, 3.63) is 362 Å². The summed E-state index contributed by atoms with van der Waals surface area (Å²) in [4.78, 5) is 12.3. The lowest BCUT2D eigenvalue weighted by Crippen LogP contribution is -2.28. The van der Waals surface area contributed by atoms with Gasteiger partial charge in [-0.15, -0.1) is 22.7 Å². The predicted molar refractivity (Wildman–Crippen MR) is 492 cm³/mol. The Hall–Kier alpha value is -13.6. The van der Waals surface area contributed by atoms with Gasteiger partial charge >= 0.3 is 0 Å². The highest BCUT2D eigenvalue weighted by Crippen LogP contribution is 2.55. The van der Waals surface area contributed by atoms with Crippen LogP contribution in [-0.2, 0) is 0 Å². The van der Waals surface area contributed by atoms with Crippen LogP contribution in [0.5, 0.6) is 0 Å². The smallest absolute Gasteiger partial charge is 0.122 e. The first-order valence-corrected chi connectivity index (χ1v) is 41.5. The van der Waals surface area contributed by atoms with Gasteiger partial charge in [0.15, 0.2) is 0 Å². The molecule has 4 aromatic heterocycles. The summed E-state index contributed by atoms with van der Waals surface area (Å²) in [6.45, 7) is 4.92. The Kier molecular flexibility index (Phi) is 13.0. The van der Waals surface area contributed by atoms with Gasteiger partial charge in [0.1, 0.15) is 11.7 Å². The van der Waals surface area contributed by atoms with Crippen LogP contribution in [0.1, 0.15) is 59.8 Å². The number of rotatable bonds is 3. The summed E-state index contributed by atoms with van der Waals surface area (Å²) in [5, 5.41) is 35.0. The van der Waals surface area contributed by atoms with E-state index in [4.69, 9.17) is 9.98 Å². The molecule has 0 radical (unpaired) electrons. The second-order valence-corrected chi connectivity index (χ2v) is 34.2. The molecule has 4 nitrogen and oxygen atoms in total. The van der Waals surface area contributed by atoms with Gasteiger partial charge in [-0.3, -0.25) is 9.13 Å². The highest BCUT2D eigenvalue weighted by Gasteiger charge is 2.39. The predicted octanol–water partition coefficient (Wildman–Crippen LogP) is 30.8. The molecule has 6 heterocycles. The van der Waals surface area contributed by atoms with Crippen LogP contribution in [0.3, 0.4) is 0 Å². The molecule has 114 heavy (non-hydrogen) atoms. The first-order valence-electron chi connectivity index (χ1n) is 39.9. The van der Waals surface area contributed by atoms with E-state index in [1.807, 2.05) is 22.7 Å². The van der Waals surface area contributed by atoms with E-state index in [1.165, 1.54) is 220 Å². The third kappa shape index (κ3) is 8.60. The molecule has 20 aromatic carbocycles. The van der Waals surface area contributed by atoms with Crippen LogP contribution in [0, 0.1) is 0 Å². The Balaban J connectivity index is 0.689. The summed E-state index contributed by atoms with van der Waals surface area (Å²) in [6, 6.07) is 129. The normalized spacial score (nSPS) is 16.1. The number of thiophene rings is 2. The highest BCUT2D eigenvalue weighted by molar-refractivity contribution is 7.26. The van der Waals surface area contributed by atoms with Gasteiger partial charge in [-0.05, 0) is 168 Å². The maximum absolute atomic E-state index is 6.20. The van der Waals surface area contributed by atoms with E-state index in [2.05, 4.69) is 363 Å². The minimum atomic E-state index is -0.133. The fourth-order valence-corrected chi connectivity index (χ4v) is 23.8. The summed E-state index contributed by atoms with van der Waals surface area (Å²) in [6.07, 6.45) is 0.